The topological polar surface area (TPSA) is 63.8 Å². The Balaban J connectivity index is 2.14. The normalized spacial score (nSPS) is 11.4. The van der Waals surface area contributed by atoms with Crippen molar-refractivity contribution in [3.05, 3.63) is 48.4 Å². The predicted octanol–water partition coefficient (Wildman–Crippen LogP) is 3.20. The van der Waals surface area contributed by atoms with Gasteiger partial charge in [-0.1, -0.05) is 24.3 Å². The molecule has 1 N–H and O–H groups in total. The molecule has 0 bridgehead atoms. The fourth-order valence-corrected chi connectivity index (χ4v) is 2.83. The number of benzene rings is 2. The van der Waals surface area contributed by atoms with Crippen LogP contribution in [0.4, 0.5) is 0 Å². The van der Waals surface area contributed by atoms with Crippen LogP contribution in [0.5, 0.6) is 5.75 Å². The van der Waals surface area contributed by atoms with E-state index >= 15 is 0 Å². The minimum absolute atomic E-state index is 0.271. The van der Waals surface area contributed by atoms with E-state index in [1.807, 2.05) is 44.3 Å². The number of phenolic OH excluding ortho intramolecular Hbond substituents is 1. The van der Waals surface area contributed by atoms with Crippen LogP contribution < -0.4 is 0 Å². The monoisotopic (exact) mass is 290 g/mol. The average Bonchev–Trinajstić information content (AvgIpc) is 2.89. The Morgan fingerprint density at radius 2 is 1.73 bits per heavy atom. The van der Waals surface area contributed by atoms with Gasteiger partial charge in [0.2, 0.25) is 0 Å². The first kappa shape index (κ1) is 12.8. The molecule has 0 aliphatic heterocycles. The number of hydrogen-bond acceptors (Lipinski definition) is 4. The van der Waals surface area contributed by atoms with Crippen LogP contribution in [0, 0.1) is 6.92 Å². The third-order valence-corrected chi connectivity index (χ3v) is 3.86. The lowest BCUT2D eigenvalue weighted by Gasteiger charge is -2.09. The lowest BCUT2D eigenvalue weighted by atomic mass is 10.00. The molecular weight excluding hydrogens is 276 g/mol. The quantitative estimate of drug-likeness (QED) is 0.584. The third-order valence-electron chi connectivity index (χ3n) is 3.86. The lowest BCUT2D eigenvalue weighted by Crippen LogP contribution is -1.97. The van der Waals surface area contributed by atoms with Crippen LogP contribution in [0.3, 0.4) is 0 Å². The number of phenols is 1. The summed E-state index contributed by atoms with van der Waals surface area (Å²) in [5.41, 5.74) is 2.61. The first-order valence-corrected chi connectivity index (χ1v) is 7.02. The fraction of sp³-hybridized carbons (Fsp3) is 0.118. The van der Waals surface area contributed by atoms with Gasteiger partial charge in [-0.25, -0.2) is 9.97 Å². The van der Waals surface area contributed by atoms with E-state index in [0.717, 1.165) is 33.1 Å². The Kier molecular flexibility index (Phi) is 2.63. The van der Waals surface area contributed by atoms with Crippen LogP contribution in [-0.2, 0) is 7.05 Å². The SMILES string of the molecule is Cc1nc(-c2ccc(O)c3ccccc23)c2cnn(C)c2n1. The summed E-state index contributed by atoms with van der Waals surface area (Å²) >= 11 is 0. The Morgan fingerprint density at radius 1 is 0.955 bits per heavy atom. The van der Waals surface area contributed by atoms with Crippen LogP contribution in [0.25, 0.3) is 33.1 Å². The summed E-state index contributed by atoms with van der Waals surface area (Å²) in [4.78, 5) is 9.08. The zero-order valence-electron chi connectivity index (χ0n) is 12.3. The molecule has 5 nitrogen and oxygen atoms in total. The van der Waals surface area contributed by atoms with Crippen LogP contribution in [0.1, 0.15) is 5.82 Å². The molecule has 2 aromatic carbocycles. The van der Waals surface area contributed by atoms with E-state index in [1.54, 1.807) is 16.9 Å². The Labute approximate surface area is 126 Å². The highest BCUT2D eigenvalue weighted by Gasteiger charge is 2.14. The molecule has 5 heteroatoms. The molecule has 0 unspecified atom stereocenters. The van der Waals surface area contributed by atoms with Crippen molar-refractivity contribution < 1.29 is 5.11 Å². The van der Waals surface area contributed by atoms with Gasteiger partial charge in [0.1, 0.15) is 11.6 Å². The van der Waals surface area contributed by atoms with Crippen LogP contribution in [0.2, 0.25) is 0 Å². The van der Waals surface area contributed by atoms with E-state index in [-0.39, 0.29) is 5.75 Å². The summed E-state index contributed by atoms with van der Waals surface area (Å²) in [7, 11) is 1.87. The van der Waals surface area contributed by atoms with Gasteiger partial charge in [-0.3, -0.25) is 4.68 Å². The van der Waals surface area contributed by atoms with Gasteiger partial charge in [0, 0.05) is 18.0 Å². The lowest BCUT2D eigenvalue weighted by molar-refractivity contribution is 0.481. The molecule has 108 valence electrons. The maximum absolute atomic E-state index is 10.1. The average molecular weight is 290 g/mol. The molecular formula is C17H14N4O. The maximum atomic E-state index is 10.1. The van der Waals surface area contributed by atoms with Gasteiger partial charge in [0.05, 0.1) is 17.3 Å². The van der Waals surface area contributed by atoms with Gasteiger partial charge in [0.15, 0.2) is 5.65 Å². The van der Waals surface area contributed by atoms with Crippen LogP contribution in [0.15, 0.2) is 42.6 Å². The Hall–Kier alpha value is -2.95. The summed E-state index contributed by atoms with van der Waals surface area (Å²) in [5.74, 6) is 0.968. The highest BCUT2D eigenvalue weighted by Crippen LogP contribution is 2.35. The van der Waals surface area contributed by atoms with Gasteiger partial charge in [0.25, 0.3) is 0 Å². The van der Waals surface area contributed by atoms with Crippen molar-refractivity contribution in [3.8, 4) is 17.0 Å². The van der Waals surface area contributed by atoms with E-state index in [9.17, 15) is 5.11 Å². The molecule has 2 heterocycles. The molecule has 4 rings (SSSR count). The van der Waals surface area contributed by atoms with Crippen molar-refractivity contribution in [2.24, 2.45) is 7.05 Å². The van der Waals surface area contributed by atoms with Crippen LogP contribution >= 0.6 is 0 Å². The summed E-state index contributed by atoms with van der Waals surface area (Å²) < 4.78 is 1.75. The van der Waals surface area contributed by atoms with E-state index in [1.165, 1.54) is 0 Å². The third kappa shape index (κ3) is 1.75. The summed E-state index contributed by atoms with van der Waals surface area (Å²) in [6.45, 7) is 1.87. The minimum Gasteiger partial charge on any atom is -0.507 e. The summed E-state index contributed by atoms with van der Waals surface area (Å²) in [6.07, 6.45) is 1.78. The zero-order chi connectivity index (χ0) is 15.3. The van der Waals surface area contributed by atoms with E-state index in [4.69, 9.17) is 0 Å². The molecule has 0 spiro atoms. The summed E-state index contributed by atoms with van der Waals surface area (Å²) in [5, 5.41) is 17.0. The minimum atomic E-state index is 0.271. The molecule has 0 atom stereocenters. The van der Waals surface area contributed by atoms with Crippen molar-refractivity contribution in [1.82, 2.24) is 19.7 Å². The van der Waals surface area contributed by atoms with Crippen molar-refractivity contribution in [2.45, 2.75) is 6.92 Å². The first-order valence-electron chi connectivity index (χ1n) is 7.02. The van der Waals surface area contributed by atoms with Gasteiger partial charge in [-0.2, -0.15) is 5.10 Å². The molecule has 4 aromatic rings. The molecule has 0 saturated heterocycles. The Morgan fingerprint density at radius 3 is 2.55 bits per heavy atom. The highest BCUT2D eigenvalue weighted by atomic mass is 16.3. The van der Waals surface area contributed by atoms with E-state index in [2.05, 4.69) is 15.1 Å². The van der Waals surface area contributed by atoms with Gasteiger partial charge in [-0.15, -0.1) is 0 Å². The number of aromatic nitrogens is 4. The largest absolute Gasteiger partial charge is 0.507 e. The van der Waals surface area contributed by atoms with E-state index < -0.39 is 0 Å². The number of aryl methyl sites for hydroxylation is 2. The fourth-order valence-electron chi connectivity index (χ4n) is 2.83. The molecule has 0 aliphatic rings. The second kappa shape index (κ2) is 4.53. The molecule has 0 amide bonds. The number of hydrogen-bond donors (Lipinski definition) is 1. The van der Waals surface area contributed by atoms with Gasteiger partial charge in [-0.05, 0) is 24.4 Å². The van der Waals surface area contributed by atoms with Crippen molar-refractivity contribution in [2.75, 3.05) is 0 Å². The second-order valence-corrected chi connectivity index (χ2v) is 5.30. The van der Waals surface area contributed by atoms with Crippen molar-refractivity contribution in [1.29, 1.82) is 0 Å². The smallest absolute Gasteiger partial charge is 0.161 e. The molecule has 2 aromatic heterocycles. The molecule has 0 aliphatic carbocycles. The second-order valence-electron chi connectivity index (χ2n) is 5.30. The maximum Gasteiger partial charge on any atom is 0.161 e. The number of fused-ring (bicyclic) bond motifs is 2. The number of nitrogens with zero attached hydrogens (tertiary/aromatic N) is 4. The highest BCUT2D eigenvalue weighted by molar-refractivity contribution is 6.04. The Bertz CT molecular complexity index is 1020. The van der Waals surface area contributed by atoms with E-state index in [0.29, 0.717) is 5.82 Å². The standard InChI is InChI=1S/C17H14N4O/c1-10-19-16(14-9-18-21(2)17(14)20-10)13-7-8-15(22)12-6-4-3-5-11(12)13/h3-9,22H,1-2H3. The van der Waals surface area contributed by atoms with Gasteiger partial charge >= 0.3 is 0 Å². The molecule has 0 radical (unpaired) electrons. The van der Waals surface area contributed by atoms with Crippen molar-refractivity contribution >= 4 is 21.8 Å². The van der Waals surface area contributed by atoms with Crippen LogP contribution in [-0.4, -0.2) is 24.9 Å². The van der Waals surface area contributed by atoms with Gasteiger partial charge < -0.3 is 5.11 Å². The summed E-state index contributed by atoms with van der Waals surface area (Å²) in [6, 6.07) is 11.4. The van der Waals surface area contributed by atoms with Crippen molar-refractivity contribution in [3.63, 3.8) is 0 Å². The molecule has 0 fully saturated rings. The predicted molar refractivity (Wildman–Crippen MR) is 85.6 cm³/mol. The molecule has 0 saturated carbocycles. The number of rotatable bonds is 1. The zero-order valence-corrected chi connectivity index (χ0v) is 12.3. The first-order chi connectivity index (χ1) is 10.6. The number of aromatic hydroxyl groups is 1. The molecule has 22 heavy (non-hydrogen) atoms.